The third-order valence-corrected chi connectivity index (χ3v) is 6.01. The molecule has 1 saturated heterocycles. The van der Waals surface area contributed by atoms with Crippen LogP contribution in [0.5, 0.6) is 0 Å². The van der Waals surface area contributed by atoms with Gasteiger partial charge < -0.3 is 4.74 Å². The molecule has 0 aromatic heterocycles. The largest absolute Gasteiger partial charge is 0.381 e. The van der Waals surface area contributed by atoms with Crippen molar-refractivity contribution in [1.82, 2.24) is 4.72 Å². The van der Waals surface area contributed by atoms with Gasteiger partial charge in [-0.3, -0.25) is 0 Å². The molecule has 1 aliphatic heterocycles. The number of halogens is 1. The van der Waals surface area contributed by atoms with Gasteiger partial charge in [0.1, 0.15) is 5.82 Å². The summed E-state index contributed by atoms with van der Waals surface area (Å²) in [5, 5.41) is 0. The maximum atomic E-state index is 13.3. The van der Waals surface area contributed by atoms with Crippen molar-refractivity contribution in [3.8, 4) is 0 Å². The second-order valence-electron chi connectivity index (χ2n) is 6.47. The van der Waals surface area contributed by atoms with Crippen molar-refractivity contribution in [3.63, 3.8) is 0 Å². The molecule has 25 heavy (non-hydrogen) atoms. The Balaban J connectivity index is 1.74. The Kier molecular flexibility index (Phi) is 5.51. The van der Waals surface area contributed by atoms with E-state index in [1.165, 1.54) is 18.2 Å². The first-order chi connectivity index (χ1) is 12.0. The van der Waals surface area contributed by atoms with Crippen molar-refractivity contribution in [2.75, 3.05) is 19.8 Å². The highest BCUT2D eigenvalue weighted by Crippen LogP contribution is 2.34. The third-order valence-electron chi connectivity index (χ3n) is 4.71. The van der Waals surface area contributed by atoms with Gasteiger partial charge in [0.15, 0.2) is 0 Å². The predicted molar refractivity (Wildman–Crippen MR) is 95.2 cm³/mol. The molecular weight excluding hydrogens is 341 g/mol. The number of rotatable bonds is 6. The molecule has 2 aromatic carbocycles. The summed E-state index contributed by atoms with van der Waals surface area (Å²) < 4.78 is 46.4. The van der Waals surface area contributed by atoms with Crippen LogP contribution in [0.4, 0.5) is 4.39 Å². The first-order valence-electron chi connectivity index (χ1n) is 8.34. The summed E-state index contributed by atoms with van der Waals surface area (Å²) >= 11 is 0. The fourth-order valence-corrected chi connectivity index (χ4v) is 4.48. The molecule has 0 bridgehead atoms. The molecule has 1 fully saturated rings. The summed E-state index contributed by atoms with van der Waals surface area (Å²) in [5.41, 5.74) is 1.29. The highest BCUT2D eigenvalue weighted by Gasteiger charge is 2.35. The monoisotopic (exact) mass is 363 g/mol. The van der Waals surface area contributed by atoms with Crippen molar-refractivity contribution in [2.24, 2.45) is 0 Å². The Hall–Kier alpha value is -1.76. The van der Waals surface area contributed by atoms with E-state index >= 15 is 0 Å². The summed E-state index contributed by atoms with van der Waals surface area (Å²) in [6.45, 7) is 1.54. The van der Waals surface area contributed by atoms with Crippen LogP contribution in [0.2, 0.25) is 0 Å². The lowest BCUT2D eigenvalue weighted by atomic mass is 9.74. The van der Waals surface area contributed by atoms with Crippen LogP contribution >= 0.6 is 0 Å². The first kappa shape index (κ1) is 18.0. The van der Waals surface area contributed by atoms with Gasteiger partial charge >= 0.3 is 0 Å². The molecule has 0 unspecified atom stereocenters. The smallest absolute Gasteiger partial charge is 0.215 e. The van der Waals surface area contributed by atoms with E-state index in [9.17, 15) is 12.8 Å². The Morgan fingerprint density at radius 2 is 1.76 bits per heavy atom. The number of hydrogen-bond acceptors (Lipinski definition) is 3. The second-order valence-corrected chi connectivity index (χ2v) is 8.28. The van der Waals surface area contributed by atoms with E-state index in [0.29, 0.717) is 25.3 Å². The Bertz CT molecular complexity index is 802. The standard InChI is InChI=1S/C19H22FNO3S/c20-18-8-4-5-16(13-18)14-25(22,23)21-15-19(9-11-24-12-10-19)17-6-2-1-3-7-17/h1-8,13,21H,9-12,14-15H2. The Morgan fingerprint density at radius 1 is 1.04 bits per heavy atom. The van der Waals surface area contributed by atoms with E-state index in [1.807, 2.05) is 30.3 Å². The maximum absolute atomic E-state index is 13.3. The minimum atomic E-state index is -3.55. The van der Waals surface area contributed by atoms with Crippen molar-refractivity contribution in [2.45, 2.75) is 24.0 Å². The number of hydrogen-bond donors (Lipinski definition) is 1. The van der Waals surface area contributed by atoms with Crippen LogP contribution in [0.3, 0.4) is 0 Å². The molecule has 1 N–H and O–H groups in total. The minimum Gasteiger partial charge on any atom is -0.381 e. The van der Waals surface area contributed by atoms with Crippen molar-refractivity contribution in [1.29, 1.82) is 0 Å². The van der Waals surface area contributed by atoms with Gasteiger partial charge in [0.25, 0.3) is 0 Å². The first-order valence-corrected chi connectivity index (χ1v) is 9.99. The average Bonchev–Trinajstić information content (AvgIpc) is 2.61. The predicted octanol–water partition coefficient (Wildman–Crippen LogP) is 2.99. The SMILES string of the molecule is O=S(=O)(Cc1cccc(F)c1)NCC1(c2ccccc2)CCOCC1. The number of benzene rings is 2. The molecule has 0 saturated carbocycles. The Morgan fingerprint density at radius 3 is 2.44 bits per heavy atom. The number of ether oxygens (including phenoxy) is 1. The summed E-state index contributed by atoms with van der Waals surface area (Å²) in [6, 6.07) is 15.6. The van der Waals surface area contributed by atoms with Crippen LogP contribution in [0.15, 0.2) is 54.6 Å². The van der Waals surface area contributed by atoms with E-state index in [-0.39, 0.29) is 11.2 Å². The van der Waals surface area contributed by atoms with E-state index in [2.05, 4.69) is 4.72 Å². The minimum absolute atomic E-state index is 0.230. The van der Waals surface area contributed by atoms with Gasteiger partial charge in [-0.05, 0) is 36.1 Å². The highest BCUT2D eigenvalue weighted by molar-refractivity contribution is 7.88. The maximum Gasteiger partial charge on any atom is 0.215 e. The topological polar surface area (TPSA) is 55.4 Å². The summed E-state index contributed by atoms with van der Waals surface area (Å²) in [4.78, 5) is 0. The molecular formula is C19H22FNO3S. The van der Waals surface area contributed by atoms with Crippen molar-refractivity contribution >= 4 is 10.0 Å². The zero-order valence-corrected chi connectivity index (χ0v) is 14.8. The molecule has 6 heteroatoms. The molecule has 0 radical (unpaired) electrons. The van der Waals surface area contributed by atoms with Crippen LogP contribution in [-0.4, -0.2) is 28.2 Å². The molecule has 3 rings (SSSR count). The van der Waals surface area contributed by atoms with Crippen molar-refractivity contribution in [3.05, 3.63) is 71.5 Å². The molecule has 0 amide bonds. The Labute approximate surface area is 148 Å². The van der Waals surface area contributed by atoms with Crippen LogP contribution < -0.4 is 4.72 Å². The van der Waals surface area contributed by atoms with Crippen LogP contribution in [0.25, 0.3) is 0 Å². The lowest BCUT2D eigenvalue weighted by molar-refractivity contribution is 0.0517. The van der Waals surface area contributed by atoms with E-state index < -0.39 is 15.8 Å². The summed E-state index contributed by atoms with van der Waals surface area (Å²) in [5.74, 6) is -0.663. The van der Waals surface area contributed by atoms with Crippen LogP contribution in [-0.2, 0) is 25.9 Å². The van der Waals surface area contributed by atoms with Crippen molar-refractivity contribution < 1.29 is 17.5 Å². The van der Waals surface area contributed by atoms with Crippen LogP contribution in [0, 0.1) is 5.82 Å². The zero-order valence-electron chi connectivity index (χ0n) is 13.9. The molecule has 1 aliphatic rings. The fourth-order valence-electron chi connectivity index (χ4n) is 3.27. The molecule has 0 spiro atoms. The van der Waals surface area contributed by atoms with Gasteiger partial charge in [0.2, 0.25) is 10.0 Å². The van der Waals surface area contributed by atoms with Gasteiger partial charge in [-0.1, -0.05) is 42.5 Å². The molecule has 1 heterocycles. The van der Waals surface area contributed by atoms with E-state index in [4.69, 9.17) is 4.74 Å². The lowest BCUT2D eigenvalue weighted by Gasteiger charge is -2.37. The fraction of sp³-hybridized carbons (Fsp3) is 0.368. The molecule has 4 nitrogen and oxygen atoms in total. The van der Waals surface area contributed by atoms with Crippen LogP contribution in [0.1, 0.15) is 24.0 Å². The van der Waals surface area contributed by atoms with E-state index in [1.54, 1.807) is 6.07 Å². The van der Waals surface area contributed by atoms with E-state index in [0.717, 1.165) is 18.4 Å². The molecule has 2 aromatic rings. The number of nitrogens with one attached hydrogen (secondary N) is 1. The lowest BCUT2D eigenvalue weighted by Crippen LogP contribution is -2.44. The normalized spacial score (nSPS) is 17.3. The zero-order chi connectivity index (χ0) is 17.8. The molecule has 134 valence electrons. The average molecular weight is 363 g/mol. The van der Waals surface area contributed by atoms with Gasteiger partial charge in [-0.15, -0.1) is 0 Å². The molecule has 0 atom stereocenters. The second kappa shape index (κ2) is 7.64. The highest BCUT2D eigenvalue weighted by atomic mass is 32.2. The van der Waals surface area contributed by atoms with Gasteiger partial charge in [0.05, 0.1) is 5.75 Å². The number of sulfonamides is 1. The van der Waals surface area contributed by atoms with Gasteiger partial charge in [-0.2, -0.15) is 0 Å². The summed E-state index contributed by atoms with van der Waals surface area (Å²) in [6.07, 6.45) is 1.53. The summed E-state index contributed by atoms with van der Waals surface area (Å²) in [7, 11) is -3.55. The quantitative estimate of drug-likeness (QED) is 0.858. The third kappa shape index (κ3) is 4.66. The molecule has 0 aliphatic carbocycles. The van der Waals surface area contributed by atoms with Gasteiger partial charge in [0, 0.05) is 25.2 Å². The van der Waals surface area contributed by atoms with Gasteiger partial charge in [-0.25, -0.2) is 17.5 Å².